The lowest BCUT2D eigenvalue weighted by Crippen LogP contribution is -2.19. The van der Waals surface area contributed by atoms with Gasteiger partial charge in [0.15, 0.2) is 20.2 Å². The Kier molecular flexibility index (Phi) is 9.55. The van der Waals surface area contributed by atoms with Crippen LogP contribution in [-0.2, 0) is 15.3 Å². The Morgan fingerprint density at radius 1 is 1.12 bits per heavy atom. The van der Waals surface area contributed by atoms with Crippen molar-refractivity contribution in [2.75, 3.05) is 12.9 Å². The summed E-state index contributed by atoms with van der Waals surface area (Å²) in [4.78, 5) is 23.2. The summed E-state index contributed by atoms with van der Waals surface area (Å²) in [5, 5.41) is 12.9. The van der Waals surface area contributed by atoms with Gasteiger partial charge in [0, 0.05) is 17.7 Å². The largest absolute Gasteiger partial charge is 0.493 e. The number of hydrogen-bond acceptors (Lipinski definition) is 10. The van der Waals surface area contributed by atoms with Crippen molar-refractivity contribution in [3.05, 3.63) is 58.6 Å². The number of thioether (sulfide) groups is 2. The molecular formula is C21H19ClN4O4S3. The minimum Gasteiger partial charge on any atom is -0.493 e. The molecule has 3 rings (SSSR count). The van der Waals surface area contributed by atoms with E-state index >= 15 is 0 Å². The van der Waals surface area contributed by atoms with E-state index < -0.39 is 5.97 Å². The van der Waals surface area contributed by atoms with E-state index in [1.54, 1.807) is 30.0 Å². The molecule has 1 N–H and O–H groups in total. The van der Waals surface area contributed by atoms with Crippen LogP contribution in [0.4, 0.5) is 0 Å². The molecular weight excluding hydrogens is 504 g/mol. The summed E-state index contributed by atoms with van der Waals surface area (Å²) in [6, 6.07) is 12.6. The standard InChI is InChI=1S/C21H19ClN4O4S3/c1-13(27)30-17-8-5-15(9-18(17)29-2)10-23-24-19(28)12-32-21-26-25-20(33-21)31-11-14-3-6-16(22)7-4-14/h3-10H,11-12H2,1-2H3,(H,24,28)/b23-10+. The molecule has 0 fully saturated rings. The molecule has 0 spiro atoms. The highest BCUT2D eigenvalue weighted by Crippen LogP contribution is 2.31. The second-order valence-electron chi connectivity index (χ2n) is 6.33. The SMILES string of the molecule is COc1cc(/C=N/NC(=O)CSc2nnc(SCc3ccc(Cl)cc3)s2)ccc1OC(C)=O. The van der Waals surface area contributed by atoms with Crippen molar-refractivity contribution in [3.8, 4) is 11.5 Å². The maximum atomic E-state index is 12.1. The lowest BCUT2D eigenvalue weighted by Gasteiger charge is -2.08. The average molecular weight is 523 g/mol. The minimum absolute atomic E-state index is 0.155. The third-order valence-corrected chi connectivity index (χ3v) is 7.35. The number of carbonyl (C=O) groups excluding carboxylic acids is 2. The van der Waals surface area contributed by atoms with Crippen molar-refractivity contribution in [3.63, 3.8) is 0 Å². The fraction of sp³-hybridized carbons (Fsp3) is 0.190. The second-order valence-corrected chi connectivity index (χ2v) is 10.2. The Balaban J connectivity index is 1.43. The van der Waals surface area contributed by atoms with Crippen LogP contribution in [0.15, 0.2) is 56.2 Å². The summed E-state index contributed by atoms with van der Waals surface area (Å²) in [7, 11) is 1.47. The summed E-state index contributed by atoms with van der Waals surface area (Å²) in [6.45, 7) is 1.31. The Morgan fingerprint density at radius 2 is 1.85 bits per heavy atom. The normalized spacial score (nSPS) is 10.9. The highest BCUT2D eigenvalue weighted by Gasteiger charge is 2.10. The molecule has 0 aliphatic heterocycles. The zero-order chi connectivity index (χ0) is 23.6. The summed E-state index contributed by atoms with van der Waals surface area (Å²) < 4.78 is 11.8. The van der Waals surface area contributed by atoms with E-state index in [1.165, 1.54) is 43.3 Å². The maximum absolute atomic E-state index is 12.1. The van der Waals surface area contributed by atoms with Crippen LogP contribution in [0.3, 0.4) is 0 Å². The van der Waals surface area contributed by atoms with Crippen molar-refractivity contribution in [2.45, 2.75) is 21.4 Å². The average Bonchev–Trinajstić information content (AvgIpc) is 3.26. The summed E-state index contributed by atoms with van der Waals surface area (Å²) >= 11 is 10.2. The van der Waals surface area contributed by atoms with Crippen LogP contribution >= 0.6 is 46.5 Å². The number of hydrogen-bond donors (Lipinski definition) is 1. The molecule has 0 aliphatic rings. The highest BCUT2D eigenvalue weighted by molar-refractivity contribution is 8.03. The number of methoxy groups -OCH3 is 1. The van der Waals surface area contributed by atoms with E-state index in [1.807, 2.05) is 24.3 Å². The first kappa shape index (κ1) is 25.0. The Bertz CT molecular complexity index is 1140. The van der Waals surface area contributed by atoms with Crippen LogP contribution in [0, 0.1) is 0 Å². The fourth-order valence-electron chi connectivity index (χ4n) is 2.38. The first-order valence-corrected chi connectivity index (χ1v) is 12.6. The van der Waals surface area contributed by atoms with Gasteiger partial charge in [0.2, 0.25) is 0 Å². The van der Waals surface area contributed by atoms with Gasteiger partial charge in [-0.2, -0.15) is 5.10 Å². The third-order valence-electron chi connectivity index (χ3n) is 3.83. The summed E-state index contributed by atoms with van der Waals surface area (Å²) in [5.41, 5.74) is 4.28. The van der Waals surface area contributed by atoms with Crippen LogP contribution < -0.4 is 14.9 Å². The Hall–Kier alpha value is -2.60. The van der Waals surface area contributed by atoms with E-state index in [4.69, 9.17) is 21.1 Å². The number of ether oxygens (including phenoxy) is 2. The number of hydrazone groups is 1. The van der Waals surface area contributed by atoms with Crippen LogP contribution in [0.1, 0.15) is 18.1 Å². The van der Waals surface area contributed by atoms with E-state index in [-0.39, 0.29) is 11.7 Å². The number of esters is 1. The highest BCUT2D eigenvalue weighted by atomic mass is 35.5. The lowest BCUT2D eigenvalue weighted by molar-refractivity contribution is -0.132. The van der Waals surface area contributed by atoms with Gasteiger partial charge in [-0.15, -0.1) is 10.2 Å². The van der Waals surface area contributed by atoms with Crippen LogP contribution in [-0.4, -0.2) is 41.2 Å². The number of amides is 1. The Morgan fingerprint density at radius 3 is 2.55 bits per heavy atom. The second kappa shape index (κ2) is 12.6. The Labute approximate surface area is 208 Å². The van der Waals surface area contributed by atoms with Gasteiger partial charge in [0.05, 0.1) is 19.1 Å². The molecule has 1 aromatic heterocycles. The fourth-order valence-corrected chi connectivity index (χ4v) is 5.28. The van der Waals surface area contributed by atoms with Crippen LogP contribution in [0.25, 0.3) is 0 Å². The first-order chi connectivity index (χ1) is 15.9. The quantitative estimate of drug-likeness (QED) is 0.135. The molecule has 1 amide bonds. The summed E-state index contributed by atoms with van der Waals surface area (Å²) in [5.74, 6) is 0.899. The first-order valence-electron chi connectivity index (χ1n) is 9.45. The molecule has 0 unspecified atom stereocenters. The molecule has 0 saturated heterocycles. The number of aromatic nitrogens is 2. The lowest BCUT2D eigenvalue weighted by atomic mass is 10.2. The van der Waals surface area contributed by atoms with Gasteiger partial charge in [-0.05, 0) is 41.5 Å². The molecule has 0 bridgehead atoms. The number of carbonyl (C=O) groups is 2. The molecule has 0 atom stereocenters. The molecule has 0 saturated carbocycles. The van der Waals surface area contributed by atoms with Gasteiger partial charge in [-0.3, -0.25) is 9.59 Å². The topological polar surface area (TPSA) is 103 Å². The van der Waals surface area contributed by atoms with E-state index in [0.29, 0.717) is 26.4 Å². The number of benzene rings is 2. The van der Waals surface area contributed by atoms with Crippen molar-refractivity contribution in [1.29, 1.82) is 0 Å². The molecule has 0 aliphatic carbocycles. The van der Waals surface area contributed by atoms with E-state index in [0.717, 1.165) is 15.7 Å². The molecule has 8 nitrogen and oxygen atoms in total. The number of nitrogens with one attached hydrogen (secondary N) is 1. The number of rotatable bonds is 10. The monoisotopic (exact) mass is 522 g/mol. The molecule has 33 heavy (non-hydrogen) atoms. The van der Waals surface area contributed by atoms with Gasteiger partial charge in [0.25, 0.3) is 5.91 Å². The molecule has 12 heteroatoms. The predicted octanol–water partition coefficient (Wildman–Crippen LogP) is 4.66. The maximum Gasteiger partial charge on any atom is 0.308 e. The molecule has 0 radical (unpaired) electrons. The van der Waals surface area contributed by atoms with Gasteiger partial charge >= 0.3 is 5.97 Å². The smallest absolute Gasteiger partial charge is 0.308 e. The van der Waals surface area contributed by atoms with Crippen molar-refractivity contribution in [1.82, 2.24) is 15.6 Å². The van der Waals surface area contributed by atoms with E-state index in [2.05, 4.69) is 20.7 Å². The van der Waals surface area contributed by atoms with Crippen LogP contribution in [0.5, 0.6) is 11.5 Å². The van der Waals surface area contributed by atoms with Gasteiger partial charge < -0.3 is 9.47 Å². The third kappa shape index (κ3) is 8.35. The van der Waals surface area contributed by atoms with Crippen molar-refractivity contribution in [2.24, 2.45) is 5.10 Å². The predicted molar refractivity (Wildman–Crippen MR) is 132 cm³/mol. The van der Waals surface area contributed by atoms with Crippen molar-refractivity contribution < 1.29 is 19.1 Å². The summed E-state index contributed by atoms with van der Waals surface area (Å²) in [6.07, 6.45) is 1.47. The zero-order valence-corrected chi connectivity index (χ0v) is 20.8. The van der Waals surface area contributed by atoms with Gasteiger partial charge in [0.1, 0.15) is 0 Å². The van der Waals surface area contributed by atoms with Crippen molar-refractivity contribution >= 4 is 64.6 Å². The molecule has 2 aromatic carbocycles. The van der Waals surface area contributed by atoms with Crippen LogP contribution in [0.2, 0.25) is 5.02 Å². The van der Waals surface area contributed by atoms with Gasteiger partial charge in [-0.1, -0.05) is 58.6 Å². The minimum atomic E-state index is -0.442. The molecule has 1 heterocycles. The molecule has 3 aromatic rings. The number of nitrogens with zero attached hydrogens (tertiary/aromatic N) is 3. The molecule has 172 valence electrons. The number of halogens is 1. The zero-order valence-electron chi connectivity index (χ0n) is 17.6. The van der Waals surface area contributed by atoms with E-state index in [9.17, 15) is 9.59 Å². The van der Waals surface area contributed by atoms with Gasteiger partial charge in [-0.25, -0.2) is 5.43 Å².